The molecule has 0 aromatic heterocycles. The molecule has 86 valence electrons. The lowest BCUT2D eigenvalue weighted by Crippen LogP contribution is -2.47. The molecule has 0 aromatic rings. The molecule has 0 radical (unpaired) electrons. The second-order valence-electron chi connectivity index (χ2n) is 5.05. The highest BCUT2D eigenvalue weighted by Crippen LogP contribution is 2.36. The van der Waals surface area contributed by atoms with E-state index >= 15 is 0 Å². The quantitative estimate of drug-likeness (QED) is 0.716. The molecular formula is C11H21N3O. The fourth-order valence-corrected chi connectivity index (χ4v) is 1.98. The Hall–Kier alpha value is -0.610. The Morgan fingerprint density at radius 2 is 1.87 bits per heavy atom. The maximum atomic E-state index is 11.8. The summed E-state index contributed by atoms with van der Waals surface area (Å²) >= 11 is 0. The minimum absolute atomic E-state index is 0.0161. The third-order valence-electron chi connectivity index (χ3n) is 3.58. The van der Waals surface area contributed by atoms with E-state index in [1.807, 2.05) is 4.90 Å². The van der Waals surface area contributed by atoms with Gasteiger partial charge in [-0.05, 0) is 26.3 Å². The van der Waals surface area contributed by atoms with Crippen LogP contribution in [-0.2, 0) is 4.79 Å². The van der Waals surface area contributed by atoms with Gasteiger partial charge in [0.2, 0.25) is 5.91 Å². The molecule has 1 aliphatic heterocycles. The van der Waals surface area contributed by atoms with E-state index < -0.39 is 0 Å². The summed E-state index contributed by atoms with van der Waals surface area (Å²) in [5, 5.41) is 0. The zero-order valence-electron chi connectivity index (χ0n) is 9.54. The molecule has 2 rings (SSSR count). The second-order valence-corrected chi connectivity index (χ2v) is 5.05. The number of piperazine rings is 1. The summed E-state index contributed by atoms with van der Waals surface area (Å²) in [5.74, 6) is 0.292. The maximum absolute atomic E-state index is 11.8. The number of nitrogens with zero attached hydrogens (tertiary/aromatic N) is 2. The summed E-state index contributed by atoms with van der Waals surface area (Å²) in [5.41, 5.74) is 5.98. The second kappa shape index (κ2) is 4.10. The molecule has 2 fully saturated rings. The molecule has 1 heterocycles. The Morgan fingerprint density at radius 3 is 2.40 bits per heavy atom. The molecule has 0 atom stereocenters. The zero-order chi connectivity index (χ0) is 10.9. The number of amides is 1. The first-order valence-corrected chi connectivity index (χ1v) is 5.84. The molecule has 1 saturated carbocycles. The van der Waals surface area contributed by atoms with Crippen LogP contribution in [0.15, 0.2) is 0 Å². The number of likely N-dealkylation sites (N-methyl/N-ethyl adjacent to an activating group) is 1. The van der Waals surface area contributed by atoms with Gasteiger partial charge in [-0.3, -0.25) is 4.79 Å². The van der Waals surface area contributed by atoms with Crippen molar-refractivity contribution in [3.05, 3.63) is 0 Å². The van der Waals surface area contributed by atoms with Crippen LogP contribution in [0.3, 0.4) is 0 Å². The first-order chi connectivity index (χ1) is 7.09. The van der Waals surface area contributed by atoms with E-state index in [9.17, 15) is 4.79 Å². The molecule has 2 aliphatic rings. The van der Waals surface area contributed by atoms with Crippen LogP contribution < -0.4 is 5.73 Å². The molecule has 1 amide bonds. The average molecular weight is 211 g/mol. The van der Waals surface area contributed by atoms with Crippen molar-refractivity contribution in [2.75, 3.05) is 33.2 Å². The highest BCUT2D eigenvalue weighted by molar-refractivity contribution is 5.76. The molecule has 4 nitrogen and oxygen atoms in total. The third-order valence-corrected chi connectivity index (χ3v) is 3.58. The lowest BCUT2D eigenvalue weighted by atomic mass is 10.1. The Kier molecular flexibility index (Phi) is 2.98. The number of hydrogen-bond acceptors (Lipinski definition) is 3. The maximum Gasteiger partial charge on any atom is 0.222 e. The van der Waals surface area contributed by atoms with Gasteiger partial charge in [-0.1, -0.05) is 0 Å². The van der Waals surface area contributed by atoms with Crippen LogP contribution in [0.4, 0.5) is 0 Å². The molecule has 1 aliphatic carbocycles. The molecule has 0 bridgehead atoms. The van der Waals surface area contributed by atoms with E-state index in [0.29, 0.717) is 12.3 Å². The highest BCUT2D eigenvalue weighted by Gasteiger charge is 2.38. The number of rotatable bonds is 3. The number of nitrogens with two attached hydrogens (primary N) is 1. The van der Waals surface area contributed by atoms with Crippen LogP contribution in [0.2, 0.25) is 0 Å². The molecule has 0 aromatic carbocycles. The van der Waals surface area contributed by atoms with Gasteiger partial charge in [-0.2, -0.15) is 0 Å². The normalized spacial score (nSPS) is 25.3. The Labute approximate surface area is 91.4 Å². The summed E-state index contributed by atoms with van der Waals surface area (Å²) in [6.07, 6.45) is 3.71. The van der Waals surface area contributed by atoms with Gasteiger partial charge in [0.1, 0.15) is 0 Å². The van der Waals surface area contributed by atoms with Gasteiger partial charge in [-0.15, -0.1) is 0 Å². The summed E-state index contributed by atoms with van der Waals surface area (Å²) in [7, 11) is 2.10. The van der Waals surface area contributed by atoms with Gasteiger partial charge < -0.3 is 15.5 Å². The van der Waals surface area contributed by atoms with Crippen LogP contribution in [0, 0.1) is 0 Å². The van der Waals surface area contributed by atoms with E-state index in [4.69, 9.17) is 5.73 Å². The SMILES string of the molecule is CN1CCN(C(=O)CCC2(N)CC2)CC1. The van der Waals surface area contributed by atoms with Gasteiger partial charge in [0.05, 0.1) is 0 Å². The Balaban J connectivity index is 1.71. The third kappa shape index (κ3) is 2.92. The first-order valence-electron chi connectivity index (χ1n) is 5.84. The molecule has 0 unspecified atom stereocenters. The molecule has 1 saturated heterocycles. The largest absolute Gasteiger partial charge is 0.340 e. The molecule has 4 heteroatoms. The van der Waals surface area contributed by atoms with Crippen LogP contribution in [0.5, 0.6) is 0 Å². The van der Waals surface area contributed by atoms with Crippen LogP contribution >= 0.6 is 0 Å². The summed E-state index contributed by atoms with van der Waals surface area (Å²) in [6.45, 7) is 3.76. The van der Waals surface area contributed by atoms with Crippen molar-refractivity contribution in [1.82, 2.24) is 9.80 Å². The summed E-state index contributed by atoms with van der Waals surface area (Å²) < 4.78 is 0. The van der Waals surface area contributed by atoms with Gasteiger partial charge in [0.15, 0.2) is 0 Å². The topological polar surface area (TPSA) is 49.6 Å². The van der Waals surface area contributed by atoms with Crippen molar-refractivity contribution in [2.24, 2.45) is 5.73 Å². The van der Waals surface area contributed by atoms with E-state index in [2.05, 4.69) is 11.9 Å². The van der Waals surface area contributed by atoms with Crippen molar-refractivity contribution >= 4 is 5.91 Å². The van der Waals surface area contributed by atoms with E-state index in [1.54, 1.807) is 0 Å². The standard InChI is InChI=1S/C11H21N3O/c1-13-6-8-14(9-7-13)10(15)2-3-11(12)4-5-11/h2-9,12H2,1H3. The lowest BCUT2D eigenvalue weighted by Gasteiger charge is -2.32. The van der Waals surface area contributed by atoms with Gasteiger partial charge in [-0.25, -0.2) is 0 Å². The van der Waals surface area contributed by atoms with Gasteiger partial charge in [0, 0.05) is 38.1 Å². The average Bonchev–Trinajstić information content (AvgIpc) is 2.95. The molecule has 0 spiro atoms. The predicted molar refractivity (Wildman–Crippen MR) is 59.5 cm³/mol. The van der Waals surface area contributed by atoms with Crippen LogP contribution in [0.25, 0.3) is 0 Å². The van der Waals surface area contributed by atoms with E-state index in [-0.39, 0.29) is 5.54 Å². The van der Waals surface area contributed by atoms with Crippen molar-refractivity contribution in [2.45, 2.75) is 31.2 Å². The number of hydrogen-bond donors (Lipinski definition) is 1. The smallest absolute Gasteiger partial charge is 0.222 e. The fraction of sp³-hybridized carbons (Fsp3) is 0.909. The molecule has 15 heavy (non-hydrogen) atoms. The van der Waals surface area contributed by atoms with Gasteiger partial charge >= 0.3 is 0 Å². The molecule has 2 N–H and O–H groups in total. The Bertz CT molecular complexity index is 242. The number of carbonyl (C=O) groups is 1. The van der Waals surface area contributed by atoms with Crippen molar-refractivity contribution < 1.29 is 4.79 Å². The fourth-order valence-electron chi connectivity index (χ4n) is 1.98. The lowest BCUT2D eigenvalue weighted by molar-refractivity contribution is -0.133. The monoisotopic (exact) mass is 211 g/mol. The summed E-state index contributed by atoms with van der Waals surface area (Å²) in [6, 6.07) is 0. The first kappa shape index (κ1) is 10.9. The van der Waals surface area contributed by atoms with Crippen LogP contribution in [0.1, 0.15) is 25.7 Å². The van der Waals surface area contributed by atoms with Crippen molar-refractivity contribution in [1.29, 1.82) is 0 Å². The zero-order valence-corrected chi connectivity index (χ0v) is 9.54. The van der Waals surface area contributed by atoms with E-state index in [0.717, 1.165) is 45.4 Å². The Morgan fingerprint density at radius 1 is 1.27 bits per heavy atom. The minimum Gasteiger partial charge on any atom is -0.340 e. The number of carbonyl (C=O) groups excluding carboxylic acids is 1. The highest BCUT2D eigenvalue weighted by atomic mass is 16.2. The van der Waals surface area contributed by atoms with E-state index in [1.165, 1.54) is 0 Å². The summed E-state index contributed by atoms with van der Waals surface area (Å²) in [4.78, 5) is 16.1. The van der Waals surface area contributed by atoms with Crippen molar-refractivity contribution in [3.63, 3.8) is 0 Å². The minimum atomic E-state index is 0.0161. The molecular weight excluding hydrogens is 190 g/mol. The predicted octanol–water partition coefficient (Wildman–Crippen LogP) is 0.0319. The van der Waals surface area contributed by atoms with Gasteiger partial charge in [0.25, 0.3) is 0 Å². The van der Waals surface area contributed by atoms with Crippen LogP contribution in [-0.4, -0.2) is 54.5 Å². The van der Waals surface area contributed by atoms with Crippen molar-refractivity contribution in [3.8, 4) is 0 Å².